The minimum atomic E-state index is -6.68. The molecule has 1 aromatic rings. The average Bonchev–Trinajstić information content (AvgIpc) is 2.70. The largest absolute Gasteiger partial charge is 0.493 e. The monoisotopic (exact) mass is 503 g/mol. The maximum Gasteiger partial charge on any atom is 0.463 e. The lowest BCUT2D eigenvalue weighted by Gasteiger charge is -2.30. The summed E-state index contributed by atoms with van der Waals surface area (Å²) in [5.41, 5.74) is -0.166. The SMILES string of the molecule is COc1cc(CCN(C(=O)C(F)(F)C(F)(F)F)C(=O)C(F)(F)C(F)(F)F)cc(OC)c1OC. The second kappa shape index (κ2) is 9.51. The summed E-state index contributed by atoms with van der Waals surface area (Å²) >= 11 is 0. The van der Waals surface area contributed by atoms with E-state index in [1.54, 1.807) is 0 Å². The second-order valence-electron chi connectivity index (χ2n) is 6.19. The van der Waals surface area contributed by atoms with Crippen LogP contribution in [0.4, 0.5) is 43.9 Å². The molecule has 188 valence electrons. The first-order valence-electron chi connectivity index (χ1n) is 8.41. The lowest BCUT2D eigenvalue weighted by atomic mass is 10.1. The van der Waals surface area contributed by atoms with Gasteiger partial charge in [-0.2, -0.15) is 43.9 Å². The van der Waals surface area contributed by atoms with Gasteiger partial charge in [0.1, 0.15) is 0 Å². The fraction of sp³-hybridized carbons (Fsp3) is 0.529. The highest BCUT2D eigenvalue weighted by Crippen LogP contribution is 2.41. The maximum atomic E-state index is 13.4. The molecule has 0 unspecified atom stereocenters. The molecule has 0 saturated carbocycles. The summed E-state index contributed by atoms with van der Waals surface area (Å²) in [5, 5.41) is 0. The first-order chi connectivity index (χ1) is 14.9. The van der Waals surface area contributed by atoms with Crippen LogP contribution in [-0.2, 0) is 16.0 Å². The van der Waals surface area contributed by atoms with Crippen molar-refractivity contribution in [3.63, 3.8) is 0 Å². The number of carbonyl (C=O) groups excluding carboxylic acids is 2. The lowest BCUT2D eigenvalue weighted by Crippen LogP contribution is -2.60. The predicted octanol–water partition coefficient (Wildman–Crippen LogP) is 4.01. The number of ether oxygens (including phenoxy) is 3. The zero-order valence-corrected chi connectivity index (χ0v) is 16.8. The first kappa shape index (κ1) is 28.1. The molecule has 0 bridgehead atoms. The Bertz CT molecular complexity index is 819. The van der Waals surface area contributed by atoms with Crippen LogP contribution in [0.3, 0.4) is 0 Å². The number of rotatable bonds is 8. The van der Waals surface area contributed by atoms with Crippen LogP contribution < -0.4 is 14.2 Å². The van der Waals surface area contributed by atoms with Crippen molar-refractivity contribution in [2.45, 2.75) is 30.6 Å². The van der Waals surface area contributed by atoms with E-state index in [0.29, 0.717) is 0 Å². The maximum absolute atomic E-state index is 13.4. The highest BCUT2D eigenvalue weighted by Gasteiger charge is 2.70. The van der Waals surface area contributed by atoms with Crippen LogP contribution in [0.2, 0.25) is 0 Å². The molecule has 16 heteroatoms. The van der Waals surface area contributed by atoms with Gasteiger partial charge in [-0.1, -0.05) is 0 Å². The molecule has 6 nitrogen and oxygen atoms in total. The van der Waals surface area contributed by atoms with Gasteiger partial charge in [-0.05, 0) is 24.1 Å². The predicted molar refractivity (Wildman–Crippen MR) is 88.5 cm³/mol. The van der Waals surface area contributed by atoms with Crippen LogP contribution in [0, 0.1) is 0 Å². The normalized spacial score (nSPS) is 12.9. The smallest absolute Gasteiger partial charge is 0.463 e. The molecule has 1 rings (SSSR count). The molecule has 0 aliphatic rings. The van der Waals surface area contributed by atoms with E-state index in [1.165, 1.54) is 7.11 Å². The van der Waals surface area contributed by atoms with Gasteiger partial charge in [0.15, 0.2) is 11.5 Å². The van der Waals surface area contributed by atoms with Crippen LogP contribution in [0.5, 0.6) is 17.2 Å². The first-order valence-corrected chi connectivity index (χ1v) is 8.41. The Morgan fingerprint density at radius 1 is 0.727 bits per heavy atom. The third kappa shape index (κ3) is 5.52. The summed E-state index contributed by atoms with van der Waals surface area (Å²) in [5.74, 6) is -20.3. The van der Waals surface area contributed by atoms with E-state index in [1.807, 2.05) is 0 Å². The number of amides is 2. The van der Waals surface area contributed by atoms with Crippen LogP contribution in [0.25, 0.3) is 0 Å². The quantitative estimate of drug-likeness (QED) is 0.502. The van der Waals surface area contributed by atoms with Crippen molar-refractivity contribution in [2.75, 3.05) is 27.9 Å². The van der Waals surface area contributed by atoms with E-state index in [-0.39, 0.29) is 22.8 Å². The molecule has 0 heterocycles. The Balaban J connectivity index is 3.46. The van der Waals surface area contributed by atoms with Crippen molar-refractivity contribution in [1.29, 1.82) is 0 Å². The Hall–Kier alpha value is -2.94. The third-order valence-corrected chi connectivity index (χ3v) is 4.09. The zero-order valence-electron chi connectivity index (χ0n) is 16.8. The Labute approximate surface area is 179 Å². The number of nitrogens with zero attached hydrogens (tertiary/aromatic N) is 1. The number of hydrogen-bond acceptors (Lipinski definition) is 5. The van der Waals surface area contributed by atoms with Gasteiger partial charge in [-0.15, -0.1) is 0 Å². The molecule has 1 aromatic carbocycles. The molecule has 0 spiro atoms. The number of halogens is 10. The minimum absolute atomic E-state index is 0.0278. The second-order valence-corrected chi connectivity index (χ2v) is 6.19. The van der Waals surface area contributed by atoms with Crippen LogP contribution in [0.1, 0.15) is 5.56 Å². The minimum Gasteiger partial charge on any atom is -0.493 e. The number of imide groups is 1. The molecule has 0 atom stereocenters. The highest BCUT2D eigenvalue weighted by atomic mass is 19.4. The molecular formula is C17H15F10NO5. The van der Waals surface area contributed by atoms with Crippen LogP contribution in [-0.4, -0.2) is 68.8 Å². The Morgan fingerprint density at radius 3 is 1.36 bits per heavy atom. The van der Waals surface area contributed by atoms with E-state index in [2.05, 4.69) is 0 Å². The van der Waals surface area contributed by atoms with Gasteiger partial charge in [0.2, 0.25) is 5.75 Å². The molecule has 0 aliphatic carbocycles. The van der Waals surface area contributed by atoms with E-state index in [4.69, 9.17) is 14.2 Å². The fourth-order valence-corrected chi connectivity index (χ4v) is 2.40. The van der Waals surface area contributed by atoms with Gasteiger partial charge in [0.25, 0.3) is 0 Å². The highest BCUT2D eigenvalue weighted by molar-refractivity contribution is 6.02. The molecule has 2 amide bonds. The Morgan fingerprint density at radius 2 is 1.09 bits per heavy atom. The van der Waals surface area contributed by atoms with Gasteiger partial charge in [-0.3, -0.25) is 14.5 Å². The molecule has 0 radical (unpaired) electrons. The standard InChI is InChI=1S/C17H15F10NO5/c1-31-9-6-8(7-10(32-2)11(9)33-3)4-5-28(12(29)14(18,19)16(22,23)24)13(30)15(20,21)17(25,26)27/h6-7H,4-5H2,1-3H3. The summed E-state index contributed by atoms with van der Waals surface area (Å²) in [6.45, 7) is -1.70. The third-order valence-electron chi connectivity index (χ3n) is 4.09. The number of methoxy groups -OCH3 is 3. The summed E-state index contributed by atoms with van der Waals surface area (Å²) in [6, 6.07) is 2.08. The van der Waals surface area contributed by atoms with Gasteiger partial charge >= 0.3 is 36.0 Å². The molecular weight excluding hydrogens is 488 g/mol. The van der Waals surface area contributed by atoms with Crippen LogP contribution in [0.15, 0.2) is 12.1 Å². The molecule has 0 fully saturated rings. The van der Waals surface area contributed by atoms with Crippen molar-refractivity contribution >= 4 is 11.8 Å². The van der Waals surface area contributed by atoms with Gasteiger partial charge in [0, 0.05) is 6.54 Å². The summed E-state index contributed by atoms with van der Waals surface area (Å²) in [7, 11) is 3.42. The lowest BCUT2D eigenvalue weighted by molar-refractivity contribution is -0.283. The van der Waals surface area contributed by atoms with Crippen molar-refractivity contribution in [2.24, 2.45) is 0 Å². The molecule has 0 aromatic heterocycles. The zero-order chi connectivity index (χ0) is 26.0. The molecule has 33 heavy (non-hydrogen) atoms. The number of hydrogen-bond donors (Lipinski definition) is 0. The molecule has 0 aliphatic heterocycles. The number of benzene rings is 1. The van der Waals surface area contributed by atoms with Gasteiger partial charge < -0.3 is 14.2 Å². The molecule has 0 saturated heterocycles. The number of alkyl halides is 10. The molecule has 0 N–H and O–H groups in total. The van der Waals surface area contributed by atoms with Gasteiger partial charge in [0.05, 0.1) is 21.3 Å². The van der Waals surface area contributed by atoms with Crippen molar-refractivity contribution in [1.82, 2.24) is 4.90 Å². The van der Waals surface area contributed by atoms with Gasteiger partial charge in [-0.25, -0.2) is 0 Å². The summed E-state index contributed by atoms with van der Waals surface area (Å²) < 4.78 is 144. The van der Waals surface area contributed by atoms with E-state index in [9.17, 15) is 53.5 Å². The van der Waals surface area contributed by atoms with E-state index < -0.39 is 53.9 Å². The van der Waals surface area contributed by atoms with E-state index >= 15 is 0 Å². The Kier molecular flexibility index (Phi) is 8.09. The van der Waals surface area contributed by atoms with Crippen LogP contribution >= 0.6 is 0 Å². The van der Waals surface area contributed by atoms with E-state index in [0.717, 1.165) is 26.4 Å². The topological polar surface area (TPSA) is 65.1 Å². The van der Waals surface area contributed by atoms with Crippen molar-refractivity contribution in [3.8, 4) is 17.2 Å². The van der Waals surface area contributed by atoms with Crippen molar-refractivity contribution < 1.29 is 67.7 Å². The summed E-state index contributed by atoms with van der Waals surface area (Å²) in [4.78, 5) is 21.8. The van der Waals surface area contributed by atoms with Crippen molar-refractivity contribution in [3.05, 3.63) is 17.7 Å². The summed E-state index contributed by atoms with van der Waals surface area (Å²) in [6.07, 6.45) is -14.3. The number of carbonyl (C=O) groups is 2. The average molecular weight is 503 g/mol. The fourth-order valence-electron chi connectivity index (χ4n) is 2.40.